The summed E-state index contributed by atoms with van der Waals surface area (Å²) in [6.07, 6.45) is 0.667. The van der Waals surface area contributed by atoms with E-state index in [-0.39, 0.29) is 6.03 Å². The highest BCUT2D eigenvalue weighted by Gasteiger charge is 2.03. The molecule has 0 aliphatic rings. The maximum Gasteiger partial charge on any atom is 0.319 e. The number of anilines is 1. The van der Waals surface area contributed by atoms with E-state index in [0.29, 0.717) is 41.1 Å². The number of hydrogen-bond acceptors (Lipinski definition) is 2. The van der Waals surface area contributed by atoms with Crippen molar-refractivity contribution in [1.82, 2.24) is 5.32 Å². The molecule has 2 amide bonds. The van der Waals surface area contributed by atoms with E-state index in [2.05, 4.69) is 26.6 Å². The van der Waals surface area contributed by atoms with E-state index in [0.717, 1.165) is 4.47 Å². The molecular formula is C16H15BrCl2N2O2. The van der Waals surface area contributed by atoms with E-state index in [9.17, 15) is 4.79 Å². The summed E-state index contributed by atoms with van der Waals surface area (Å²) in [5.74, 6) is 0.625. The third kappa shape index (κ3) is 6.29. The number of benzene rings is 2. The molecule has 2 rings (SSSR count). The van der Waals surface area contributed by atoms with E-state index < -0.39 is 0 Å². The topological polar surface area (TPSA) is 50.4 Å². The first-order valence-electron chi connectivity index (χ1n) is 6.93. The molecule has 0 radical (unpaired) electrons. The summed E-state index contributed by atoms with van der Waals surface area (Å²) in [7, 11) is 0. The predicted octanol–water partition coefficient (Wildman–Crippen LogP) is 5.35. The van der Waals surface area contributed by atoms with Crippen molar-refractivity contribution in [2.75, 3.05) is 18.5 Å². The molecule has 0 atom stereocenters. The number of rotatable bonds is 6. The highest BCUT2D eigenvalue weighted by atomic mass is 79.9. The fraction of sp³-hybridized carbons (Fsp3) is 0.188. The maximum atomic E-state index is 11.7. The number of halogens is 3. The molecule has 0 aliphatic carbocycles. The van der Waals surface area contributed by atoms with Gasteiger partial charge in [0.2, 0.25) is 0 Å². The van der Waals surface area contributed by atoms with Crippen LogP contribution in [-0.4, -0.2) is 19.2 Å². The molecular weight excluding hydrogens is 403 g/mol. The first kappa shape index (κ1) is 17.9. The Kier molecular flexibility index (Phi) is 7.02. The molecule has 122 valence electrons. The van der Waals surface area contributed by atoms with Crippen LogP contribution in [0.5, 0.6) is 5.75 Å². The van der Waals surface area contributed by atoms with Crippen LogP contribution in [0.25, 0.3) is 0 Å². The van der Waals surface area contributed by atoms with Crippen molar-refractivity contribution in [2.45, 2.75) is 6.42 Å². The smallest absolute Gasteiger partial charge is 0.319 e. The monoisotopic (exact) mass is 416 g/mol. The zero-order valence-electron chi connectivity index (χ0n) is 12.1. The average molecular weight is 418 g/mol. The number of urea groups is 1. The van der Waals surface area contributed by atoms with Gasteiger partial charge in [0.25, 0.3) is 0 Å². The van der Waals surface area contributed by atoms with Crippen molar-refractivity contribution < 1.29 is 9.53 Å². The lowest BCUT2D eigenvalue weighted by Crippen LogP contribution is -2.30. The van der Waals surface area contributed by atoms with Gasteiger partial charge in [-0.1, -0.05) is 39.1 Å². The molecule has 0 unspecified atom stereocenters. The Balaban J connectivity index is 1.65. The Labute approximate surface area is 153 Å². The molecule has 23 heavy (non-hydrogen) atoms. The highest BCUT2D eigenvalue weighted by Crippen LogP contribution is 2.27. The van der Waals surface area contributed by atoms with Gasteiger partial charge in [-0.05, 0) is 48.9 Å². The van der Waals surface area contributed by atoms with Gasteiger partial charge < -0.3 is 15.4 Å². The lowest BCUT2D eigenvalue weighted by molar-refractivity contribution is 0.250. The number of nitrogens with one attached hydrogen (secondary N) is 2. The number of amides is 2. The van der Waals surface area contributed by atoms with Gasteiger partial charge in [-0.3, -0.25) is 0 Å². The van der Waals surface area contributed by atoms with E-state index in [1.54, 1.807) is 36.4 Å². The number of ether oxygens (including phenoxy) is 1. The molecule has 2 aromatic carbocycles. The molecule has 0 aliphatic heterocycles. The summed E-state index contributed by atoms with van der Waals surface area (Å²) in [6, 6.07) is 12.1. The summed E-state index contributed by atoms with van der Waals surface area (Å²) in [5.41, 5.74) is 0.685. The summed E-state index contributed by atoms with van der Waals surface area (Å²) < 4.78 is 6.46. The summed E-state index contributed by atoms with van der Waals surface area (Å²) in [4.78, 5) is 11.7. The van der Waals surface area contributed by atoms with Crippen molar-refractivity contribution in [3.05, 3.63) is 57.0 Å². The van der Waals surface area contributed by atoms with Crippen LogP contribution in [0.3, 0.4) is 0 Å². The standard InChI is InChI=1S/C16H15BrCl2N2O2/c17-11-2-7-15(14(19)10-11)23-9-1-8-20-16(22)21-13-5-3-12(18)4-6-13/h2-7,10H,1,8-9H2,(H2,20,21,22). The minimum Gasteiger partial charge on any atom is -0.492 e. The van der Waals surface area contributed by atoms with Crippen LogP contribution in [0.15, 0.2) is 46.9 Å². The van der Waals surface area contributed by atoms with Gasteiger partial charge in [-0.25, -0.2) is 4.79 Å². The minimum absolute atomic E-state index is 0.269. The third-order valence-corrected chi connectivity index (χ3v) is 3.90. The van der Waals surface area contributed by atoms with Crippen molar-refractivity contribution in [3.63, 3.8) is 0 Å². The van der Waals surface area contributed by atoms with E-state index in [4.69, 9.17) is 27.9 Å². The van der Waals surface area contributed by atoms with E-state index in [1.807, 2.05) is 6.07 Å². The van der Waals surface area contributed by atoms with Crippen LogP contribution >= 0.6 is 39.1 Å². The first-order chi connectivity index (χ1) is 11.0. The molecule has 0 spiro atoms. The number of carbonyl (C=O) groups excluding carboxylic acids is 1. The summed E-state index contributed by atoms with van der Waals surface area (Å²) in [6.45, 7) is 0.955. The van der Waals surface area contributed by atoms with Crippen LogP contribution in [0.4, 0.5) is 10.5 Å². The summed E-state index contributed by atoms with van der Waals surface area (Å²) in [5, 5.41) is 6.64. The molecule has 0 fully saturated rings. The maximum absolute atomic E-state index is 11.7. The molecule has 0 aromatic heterocycles. The van der Waals surface area contributed by atoms with E-state index >= 15 is 0 Å². The normalized spacial score (nSPS) is 10.2. The Bertz CT molecular complexity index is 666. The Morgan fingerprint density at radius 2 is 1.87 bits per heavy atom. The third-order valence-electron chi connectivity index (χ3n) is 2.86. The Morgan fingerprint density at radius 1 is 1.13 bits per heavy atom. The van der Waals surface area contributed by atoms with Crippen LogP contribution in [-0.2, 0) is 0 Å². The molecule has 2 N–H and O–H groups in total. The minimum atomic E-state index is -0.269. The molecule has 0 saturated carbocycles. The van der Waals surface area contributed by atoms with Crippen molar-refractivity contribution in [1.29, 1.82) is 0 Å². The average Bonchev–Trinajstić information content (AvgIpc) is 2.51. The fourth-order valence-electron chi connectivity index (χ4n) is 1.76. The zero-order chi connectivity index (χ0) is 16.7. The molecule has 0 bridgehead atoms. The first-order valence-corrected chi connectivity index (χ1v) is 8.48. The second-order valence-corrected chi connectivity index (χ2v) is 6.42. The Hall–Kier alpha value is -1.43. The van der Waals surface area contributed by atoms with Gasteiger partial charge in [0, 0.05) is 21.7 Å². The lowest BCUT2D eigenvalue weighted by Gasteiger charge is -2.10. The van der Waals surface area contributed by atoms with Crippen molar-refractivity contribution >= 4 is 50.9 Å². The predicted molar refractivity (Wildman–Crippen MR) is 97.7 cm³/mol. The molecule has 0 heterocycles. The van der Waals surface area contributed by atoms with Crippen LogP contribution < -0.4 is 15.4 Å². The molecule has 2 aromatic rings. The molecule has 0 saturated heterocycles. The number of hydrogen-bond donors (Lipinski definition) is 2. The van der Waals surface area contributed by atoms with Crippen LogP contribution in [0, 0.1) is 0 Å². The van der Waals surface area contributed by atoms with Crippen molar-refractivity contribution in [2.24, 2.45) is 0 Å². The SMILES string of the molecule is O=C(NCCCOc1ccc(Br)cc1Cl)Nc1ccc(Cl)cc1. The van der Waals surface area contributed by atoms with Gasteiger partial charge in [0.15, 0.2) is 0 Å². The van der Waals surface area contributed by atoms with Gasteiger partial charge in [-0.15, -0.1) is 0 Å². The van der Waals surface area contributed by atoms with E-state index in [1.165, 1.54) is 0 Å². The second-order valence-electron chi connectivity index (χ2n) is 4.66. The Morgan fingerprint density at radius 3 is 2.57 bits per heavy atom. The van der Waals surface area contributed by atoms with Gasteiger partial charge in [0.1, 0.15) is 5.75 Å². The van der Waals surface area contributed by atoms with Crippen LogP contribution in [0.2, 0.25) is 10.0 Å². The molecule has 4 nitrogen and oxygen atoms in total. The number of carbonyl (C=O) groups is 1. The van der Waals surface area contributed by atoms with Crippen molar-refractivity contribution in [3.8, 4) is 5.75 Å². The quantitative estimate of drug-likeness (QED) is 0.622. The summed E-state index contributed by atoms with van der Waals surface area (Å²) >= 11 is 15.2. The van der Waals surface area contributed by atoms with Gasteiger partial charge in [-0.2, -0.15) is 0 Å². The fourth-order valence-corrected chi connectivity index (χ4v) is 2.61. The van der Waals surface area contributed by atoms with Gasteiger partial charge >= 0.3 is 6.03 Å². The van der Waals surface area contributed by atoms with Crippen LogP contribution in [0.1, 0.15) is 6.42 Å². The van der Waals surface area contributed by atoms with Gasteiger partial charge in [0.05, 0.1) is 11.6 Å². The zero-order valence-corrected chi connectivity index (χ0v) is 15.2. The highest BCUT2D eigenvalue weighted by molar-refractivity contribution is 9.10. The molecule has 7 heteroatoms. The second kappa shape index (κ2) is 9.01. The largest absolute Gasteiger partial charge is 0.492 e. The lowest BCUT2D eigenvalue weighted by atomic mass is 10.3.